The lowest BCUT2D eigenvalue weighted by Crippen LogP contribution is -2.42. The van der Waals surface area contributed by atoms with Crippen molar-refractivity contribution in [2.45, 2.75) is 19.1 Å². The number of benzene rings is 1. The Labute approximate surface area is 143 Å². The zero-order chi connectivity index (χ0) is 17.4. The van der Waals surface area contributed by atoms with Gasteiger partial charge in [0.25, 0.3) is 0 Å². The van der Waals surface area contributed by atoms with E-state index in [1.54, 1.807) is 13.0 Å². The van der Waals surface area contributed by atoms with Crippen molar-refractivity contribution in [1.82, 2.24) is 0 Å². The van der Waals surface area contributed by atoms with E-state index in [2.05, 4.69) is 0 Å². The number of thiocarbonyl (C=S) groups is 1. The molecule has 2 atom stereocenters. The second kappa shape index (κ2) is 6.33. The van der Waals surface area contributed by atoms with Crippen LogP contribution in [0.5, 0.6) is 0 Å². The van der Waals surface area contributed by atoms with Gasteiger partial charge in [0, 0.05) is 4.86 Å². The summed E-state index contributed by atoms with van der Waals surface area (Å²) < 4.78 is 24.4. The number of nitrogens with two attached hydrogens (primary N) is 1. The standard InChI is InChI=1S/C15H16FN3O4S/c1-8(24)13(17)12-7-19(15(21)23-12)9-2-3-11(10(16)6-9)18-4-5-22-14(18)20/h2-3,6,12-13H,4-5,7,17H2,1H3/t12-,13?/m0/s1. The fraction of sp³-hybridized carbons (Fsp3) is 0.400. The van der Waals surface area contributed by atoms with Crippen LogP contribution in [-0.4, -0.2) is 48.9 Å². The quantitative estimate of drug-likeness (QED) is 0.831. The van der Waals surface area contributed by atoms with Crippen LogP contribution < -0.4 is 15.5 Å². The average molecular weight is 353 g/mol. The lowest BCUT2D eigenvalue weighted by atomic mass is 10.1. The Morgan fingerprint density at radius 1 is 1.38 bits per heavy atom. The first-order valence-corrected chi connectivity index (χ1v) is 7.77. The Balaban J connectivity index is 1.80. The lowest BCUT2D eigenvalue weighted by molar-refractivity contribution is 0.138. The topological polar surface area (TPSA) is 85.1 Å². The van der Waals surface area contributed by atoms with E-state index >= 15 is 0 Å². The molecule has 3 rings (SSSR count). The van der Waals surface area contributed by atoms with Crippen LogP contribution in [0.3, 0.4) is 0 Å². The molecule has 1 aromatic rings. The van der Waals surface area contributed by atoms with E-state index in [-0.39, 0.29) is 25.4 Å². The van der Waals surface area contributed by atoms with Crippen LogP contribution in [0.2, 0.25) is 0 Å². The van der Waals surface area contributed by atoms with E-state index in [1.165, 1.54) is 21.9 Å². The second-order valence-electron chi connectivity index (χ2n) is 5.57. The zero-order valence-corrected chi connectivity index (χ0v) is 13.7. The van der Waals surface area contributed by atoms with E-state index < -0.39 is 30.1 Å². The molecule has 0 spiro atoms. The minimum absolute atomic E-state index is 0.108. The van der Waals surface area contributed by atoms with Crippen molar-refractivity contribution in [2.75, 3.05) is 29.5 Å². The largest absolute Gasteiger partial charge is 0.447 e. The van der Waals surface area contributed by atoms with Crippen LogP contribution in [0.1, 0.15) is 6.92 Å². The van der Waals surface area contributed by atoms with Crippen molar-refractivity contribution < 1.29 is 23.5 Å². The molecule has 0 bridgehead atoms. The molecule has 1 unspecified atom stereocenters. The molecule has 7 nitrogen and oxygen atoms in total. The summed E-state index contributed by atoms with van der Waals surface area (Å²) in [7, 11) is 0. The molecule has 0 aliphatic carbocycles. The molecule has 2 N–H and O–H groups in total. The summed E-state index contributed by atoms with van der Waals surface area (Å²) in [6, 6.07) is 3.60. The number of amides is 2. The molecule has 0 saturated carbocycles. The summed E-state index contributed by atoms with van der Waals surface area (Å²) in [5.41, 5.74) is 6.33. The molecular weight excluding hydrogens is 337 g/mol. The summed E-state index contributed by atoms with van der Waals surface area (Å²) in [6.45, 7) is 2.36. The maximum atomic E-state index is 14.4. The summed E-state index contributed by atoms with van der Waals surface area (Å²) in [5, 5.41) is 0. The van der Waals surface area contributed by atoms with Gasteiger partial charge in [-0.15, -0.1) is 0 Å². The van der Waals surface area contributed by atoms with E-state index in [0.717, 1.165) is 0 Å². The number of ether oxygens (including phenoxy) is 2. The second-order valence-corrected chi connectivity index (χ2v) is 6.21. The van der Waals surface area contributed by atoms with Gasteiger partial charge in [0.2, 0.25) is 0 Å². The number of halogens is 1. The van der Waals surface area contributed by atoms with Gasteiger partial charge in [-0.3, -0.25) is 9.80 Å². The monoisotopic (exact) mass is 353 g/mol. The highest BCUT2D eigenvalue weighted by atomic mass is 32.1. The predicted molar refractivity (Wildman–Crippen MR) is 89.0 cm³/mol. The van der Waals surface area contributed by atoms with Crippen LogP contribution in [0, 0.1) is 5.82 Å². The summed E-state index contributed by atoms with van der Waals surface area (Å²) in [4.78, 5) is 26.6. The number of hydrogen-bond acceptors (Lipinski definition) is 6. The van der Waals surface area contributed by atoms with Gasteiger partial charge in [-0.05, 0) is 25.1 Å². The summed E-state index contributed by atoms with van der Waals surface area (Å²) in [5.74, 6) is -0.627. The van der Waals surface area contributed by atoms with Gasteiger partial charge >= 0.3 is 12.2 Å². The number of nitrogens with zero attached hydrogens (tertiary/aromatic N) is 2. The van der Waals surface area contributed by atoms with Crippen LogP contribution in [0.25, 0.3) is 0 Å². The highest BCUT2D eigenvalue weighted by Crippen LogP contribution is 2.29. The normalized spacial score (nSPS) is 21.7. The van der Waals surface area contributed by atoms with E-state index in [4.69, 9.17) is 27.4 Å². The van der Waals surface area contributed by atoms with E-state index in [1.807, 2.05) is 0 Å². The molecule has 0 aromatic heterocycles. The van der Waals surface area contributed by atoms with Crippen molar-refractivity contribution in [3.05, 3.63) is 24.0 Å². The van der Waals surface area contributed by atoms with Gasteiger partial charge in [-0.25, -0.2) is 14.0 Å². The molecule has 2 aliphatic rings. The Morgan fingerprint density at radius 3 is 2.71 bits per heavy atom. The Kier molecular flexibility index (Phi) is 4.37. The molecule has 2 fully saturated rings. The molecule has 9 heteroatoms. The molecule has 1 aromatic carbocycles. The van der Waals surface area contributed by atoms with Crippen LogP contribution in [0.15, 0.2) is 18.2 Å². The third-order valence-corrected chi connectivity index (χ3v) is 4.27. The van der Waals surface area contributed by atoms with E-state index in [0.29, 0.717) is 10.6 Å². The minimum Gasteiger partial charge on any atom is -0.447 e. The maximum absolute atomic E-state index is 14.4. The Morgan fingerprint density at radius 2 is 2.12 bits per heavy atom. The predicted octanol–water partition coefficient (Wildman–Crippen LogP) is 1.82. The Bertz CT molecular complexity index is 714. The third-order valence-electron chi connectivity index (χ3n) is 4.00. The molecular formula is C15H16FN3O4S. The van der Waals surface area contributed by atoms with Gasteiger partial charge in [0.15, 0.2) is 0 Å². The third kappa shape index (κ3) is 2.92. The maximum Gasteiger partial charge on any atom is 0.414 e. The fourth-order valence-electron chi connectivity index (χ4n) is 2.64. The molecule has 2 heterocycles. The van der Waals surface area contributed by atoms with Gasteiger partial charge in [-0.2, -0.15) is 0 Å². The van der Waals surface area contributed by atoms with Gasteiger partial charge < -0.3 is 15.2 Å². The molecule has 0 radical (unpaired) electrons. The number of cyclic esters (lactones) is 2. The first kappa shape index (κ1) is 16.6. The number of anilines is 2. The summed E-state index contributed by atoms with van der Waals surface area (Å²) in [6.07, 6.45) is -1.78. The van der Waals surface area contributed by atoms with E-state index in [9.17, 15) is 14.0 Å². The SMILES string of the molecule is CC(=S)C(N)[C@@H]1CN(c2ccc(N3CCOC3=O)c(F)c2)C(=O)O1. The van der Waals surface area contributed by atoms with Crippen LogP contribution >= 0.6 is 12.2 Å². The van der Waals surface area contributed by atoms with Crippen LogP contribution in [0.4, 0.5) is 25.4 Å². The lowest BCUT2D eigenvalue weighted by Gasteiger charge is -2.18. The van der Waals surface area contributed by atoms with Crippen molar-refractivity contribution in [3.8, 4) is 0 Å². The highest BCUT2D eigenvalue weighted by Gasteiger charge is 2.37. The number of rotatable bonds is 4. The molecule has 128 valence electrons. The number of hydrogen-bond donors (Lipinski definition) is 1. The van der Waals surface area contributed by atoms with Gasteiger partial charge in [0.1, 0.15) is 18.5 Å². The minimum atomic E-state index is -0.627. The van der Waals surface area contributed by atoms with Crippen molar-refractivity contribution in [1.29, 1.82) is 0 Å². The molecule has 2 aliphatic heterocycles. The van der Waals surface area contributed by atoms with Crippen molar-refractivity contribution in [3.63, 3.8) is 0 Å². The highest BCUT2D eigenvalue weighted by molar-refractivity contribution is 7.80. The number of carbonyl (C=O) groups is 2. The molecule has 2 saturated heterocycles. The summed E-state index contributed by atoms with van der Waals surface area (Å²) >= 11 is 5.01. The molecule has 2 amide bonds. The number of carbonyl (C=O) groups excluding carboxylic acids is 2. The van der Waals surface area contributed by atoms with Crippen molar-refractivity contribution in [2.24, 2.45) is 5.73 Å². The average Bonchev–Trinajstić information content (AvgIpc) is 3.12. The Hall–Kier alpha value is -2.26. The molecule has 24 heavy (non-hydrogen) atoms. The smallest absolute Gasteiger partial charge is 0.414 e. The first-order chi connectivity index (χ1) is 11.4. The van der Waals surface area contributed by atoms with Gasteiger partial charge in [-0.1, -0.05) is 12.2 Å². The van der Waals surface area contributed by atoms with Crippen molar-refractivity contribution >= 4 is 40.6 Å². The zero-order valence-electron chi connectivity index (χ0n) is 12.9. The first-order valence-electron chi connectivity index (χ1n) is 7.36. The van der Waals surface area contributed by atoms with Gasteiger partial charge in [0.05, 0.1) is 30.5 Å². The fourth-order valence-corrected chi connectivity index (χ4v) is 2.79. The van der Waals surface area contributed by atoms with Crippen LogP contribution in [-0.2, 0) is 9.47 Å².